The lowest BCUT2D eigenvalue weighted by atomic mass is 10.2. The molecule has 2 N–H and O–H groups in total. The van der Waals surface area contributed by atoms with Gasteiger partial charge in [-0.3, -0.25) is 0 Å². The number of benzene rings is 1. The molecule has 1 rings (SSSR count). The number of ether oxygens (including phenoxy) is 2. The van der Waals surface area contributed by atoms with Crippen molar-refractivity contribution in [1.29, 1.82) is 0 Å². The molecule has 1 aromatic carbocycles. The van der Waals surface area contributed by atoms with Crippen LogP contribution in [0.25, 0.3) is 0 Å². The molecule has 4 nitrogen and oxygen atoms in total. The fourth-order valence-corrected chi connectivity index (χ4v) is 1.88. The van der Waals surface area contributed by atoms with E-state index in [4.69, 9.17) is 32.7 Å². The Labute approximate surface area is 123 Å². The number of anilines is 1. The topological polar surface area (TPSA) is 50.7 Å². The first-order valence-corrected chi connectivity index (χ1v) is 6.74. The van der Waals surface area contributed by atoms with E-state index in [1.807, 2.05) is 6.92 Å². The van der Waals surface area contributed by atoms with Crippen LogP contribution in [0.1, 0.15) is 5.56 Å². The lowest BCUT2D eigenvalue weighted by Gasteiger charge is -2.15. The normalized spacial score (nSPS) is 12.5. The Hall–Kier alpha value is -0.520. The van der Waals surface area contributed by atoms with Gasteiger partial charge in [-0.25, -0.2) is 0 Å². The van der Waals surface area contributed by atoms with E-state index in [-0.39, 0.29) is 6.61 Å². The van der Waals surface area contributed by atoms with Gasteiger partial charge in [0.15, 0.2) is 0 Å². The molecule has 0 radical (unpaired) electrons. The van der Waals surface area contributed by atoms with Gasteiger partial charge in [0.05, 0.1) is 36.6 Å². The lowest BCUT2D eigenvalue weighted by molar-refractivity contribution is 0.0182. The standard InChI is InChI=1S/C13H19Cl2NO3/c1-9-5-12(15)13(6-11(9)14)16-7-10(17)8-19-4-3-18-2/h5-6,10,16-17H,3-4,7-8H2,1-2H3. The molecule has 0 spiro atoms. The van der Waals surface area contributed by atoms with Gasteiger partial charge in [0.1, 0.15) is 0 Å². The van der Waals surface area contributed by atoms with Crippen molar-refractivity contribution in [3.63, 3.8) is 0 Å². The van der Waals surface area contributed by atoms with Crippen LogP contribution in [0.5, 0.6) is 0 Å². The van der Waals surface area contributed by atoms with E-state index >= 15 is 0 Å². The van der Waals surface area contributed by atoms with Crippen molar-refractivity contribution in [3.8, 4) is 0 Å². The van der Waals surface area contributed by atoms with Crippen LogP contribution in [-0.2, 0) is 9.47 Å². The third kappa shape index (κ3) is 5.97. The number of halogens is 2. The predicted octanol–water partition coefficient (Wildman–Crippen LogP) is 2.74. The van der Waals surface area contributed by atoms with Crippen LogP contribution in [0.4, 0.5) is 5.69 Å². The molecule has 0 aliphatic carbocycles. The Morgan fingerprint density at radius 3 is 2.68 bits per heavy atom. The van der Waals surface area contributed by atoms with Crippen molar-refractivity contribution in [2.24, 2.45) is 0 Å². The van der Waals surface area contributed by atoms with Crippen LogP contribution in [-0.4, -0.2) is 44.7 Å². The molecule has 0 bridgehead atoms. The molecule has 1 aromatic rings. The van der Waals surface area contributed by atoms with E-state index in [2.05, 4.69) is 5.32 Å². The number of aliphatic hydroxyl groups is 1. The summed E-state index contributed by atoms with van der Waals surface area (Å²) in [4.78, 5) is 0. The summed E-state index contributed by atoms with van der Waals surface area (Å²) in [6, 6.07) is 3.53. The zero-order valence-electron chi connectivity index (χ0n) is 11.1. The third-order valence-corrected chi connectivity index (χ3v) is 3.24. The summed E-state index contributed by atoms with van der Waals surface area (Å²) in [6.07, 6.45) is -0.618. The average molecular weight is 308 g/mol. The molecule has 0 aliphatic heterocycles. The molecular weight excluding hydrogens is 289 g/mol. The first kappa shape index (κ1) is 16.5. The molecule has 0 amide bonds. The van der Waals surface area contributed by atoms with Crippen molar-refractivity contribution >= 4 is 28.9 Å². The van der Waals surface area contributed by atoms with Crippen LogP contribution < -0.4 is 5.32 Å². The van der Waals surface area contributed by atoms with Gasteiger partial charge < -0.3 is 19.9 Å². The van der Waals surface area contributed by atoms with Crippen LogP contribution in [0, 0.1) is 6.92 Å². The fraction of sp³-hybridized carbons (Fsp3) is 0.538. The van der Waals surface area contributed by atoms with Crippen molar-refractivity contribution in [2.45, 2.75) is 13.0 Å². The van der Waals surface area contributed by atoms with Crippen LogP contribution >= 0.6 is 23.2 Å². The molecule has 0 fully saturated rings. The molecule has 0 heterocycles. The maximum absolute atomic E-state index is 9.72. The Morgan fingerprint density at radius 2 is 2.00 bits per heavy atom. The van der Waals surface area contributed by atoms with E-state index in [0.717, 1.165) is 5.56 Å². The largest absolute Gasteiger partial charge is 0.389 e. The van der Waals surface area contributed by atoms with Crippen LogP contribution in [0.2, 0.25) is 10.0 Å². The van der Waals surface area contributed by atoms with Crippen LogP contribution in [0.15, 0.2) is 12.1 Å². The van der Waals surface area contributed by atoms with Gasteiger partial charge in [0.25, 0.3) is 0 Å². The summed E-state index contributed by atoms with van der Waals surface area (Å²) >= 11 is 12.1. The summed E-state index contributed by atoms with van der Waals surface area (Å²) in [5.41, 5.74) is 1.62. The molecular formula is C13H19Cl2NO3. The van der Waals surface area contributed by atoms with Gasteiger partial charge >= 0.3 is 0 Å². The quantitative estimate of drug-likeness (QED) is 0.725. The average Bonchev–Trinajstić information content (AvgIpc) is 2.37. The Morgan fingerprint density at radius 1 is 1.26 bits per heavy atom. The van der Waals surface area contributed by atoms with Gasteiger partial charge in [-0.15, -0.1) is 0 Å². The summed E-state index contributed by atoms with van der Waals surface area (Å²) < 4.78 is 10.1. The number of aryl methyl sites for hydroxylation is 1. The monoisotopic (exact) mass is 307 g/mol. The highest BCUT2D eigenvalue weighted by Gasteiger charge is 2.08. The number of aliphatic hydroxyl groups excluding tert-OH is 1. The van der Waals surface area contributed by atoms with Crippen molar-refractivity contribution < 1.29 is 14.6 Å². The van der Waals surface area contributed by atoms with E-state index in [1.165, 1.54) is 0 Å². The zero-order chi connectivity index (χ0) is 14.3. The molecule has 0 saturated heterocycles. The minimum atomic E-state index is -0.618. The predicted molar refractivity (Wildman–Crippen MR) is 78.4 cm³/mol. The van der Waals surface area contributed by atoms with E-state index in [9.17, 15) is 5.11 Å². The second-order valence-corrected chi connectivity index (χ2v) is 5.00. The summed E-state index contributed by atoms with van der Waals surface area (Å²) in [7, 11) is 1.60. The fourth-order valence-electron chi connectivity index (χ4n) is 1.43. The highest BCUT2D eigenvalue weighted by Crippen LogP contribution is 2.28. The molecule has 1 atom stereocenters. The second kappa shape index (κ2) is 8.61. The Kier molecular flexibility index (Phi) is 7.49. The van der Waals surface area contributed by atoms with Gasteiger partial charge in [-0.05, 0) is 24.6 Å². The molecule has 0 aliphatic rings. The van der Waals surface area contributed by atoms with Crippen molar-refractivity contribution in [2.75, 3.05) is 38.8 Å². The molecule has 1 unspecified atom stereocenters. The minimum absolute atomic E-state index is 0.244. The van der Waals surface area contributed by atoms with Gasteiger partial charge in [-0.2, -0.15) is 0 Å². The summed E-state index contributed by atoms with van der Waals surface area (Å²) in [5, 5.41) is 14.0. The Bertz CT molecular complexity index is 402. The first-order valence-electron chi connectivity index (χ1n) is 5.99. The summed E-state index contributed by atoms with van der Waals surface area (Å²) in [6.45, 7) is 3.44. The van der Waals surface area contributed by atoms with Crippen molar-refractivity contribution in [1.82, 2.24) is 0 Å². The SMILES string of the molecule is COCCOCC(O)CNc1cc(Cl)c(C)cc1Cl. The maximum Gasteiger partial charge on any atom is 0.0945 e. The smallest absolute Gasteiger partial charge is 0.0945 e. The van der Waals surface area contributed by atoms with E-state index in [1.54, 1.807) is 19.2 Å². The number of nitrogens with one attached hydrogen (secondary N) is 1. The van der Waals surface area contributed by atoms with E-state index < -0.39 is 6.10 Å². The highest BCUT2D eigenvalue weighted by molar-refractivity contribution is 6.35. The van der Waals surface area contributed by atoms with Gasteiger partial charge in [-0.1, -0.05) is 23.2 Å². The lowest BCUT2D eigenvalue weighted by Crippen LogP contribution is -2.25. The third-order valence-electron chi connectivity index (χ3n) is 2.52. The molecule has 0 aromatic heterocycles. The second-order valence-electron chi connectivity index (χ2n) is 4.18. The minimum Gasteiger partial charge on any atom is -0.389 e. The number of methoxy groups -OCH3 is 1. The summed E-state index contributed by atoms with van der Waals surface area (Å²) in [5.74, 6) is 0. The maximum atomic E-state index is 9.72. The molecule has 0 saturated carbocycles. The Balaban J connectivity index is 2.37. The number of hydrogen-bond donors (Lipinski definition) is 2. The first-order chi connectivity index (χ1) is 9.04. The molecule has 108 valence electrons. The number of hydrogen-bond acceptors (Lipinski definition) is 4. The zero-order valence-corrected chi connectivity index (χ0v) is 12.6. The number of rotatable bonds is 8. The van der Waals surface area contributed by atoms with Crippen molar-refractivity contribution in [3.05, 3.63) is 27.7 Å². The van der Waals surface area contributed by atoms with Crippen LogP contribution in [0.3, 0.4) is 0 Å². The highest BCUT2D eigenvalue weighted by atomic mass is 35.5. The molecule has 6 heteroatoms. The van der Waals surface area contributed by atoms with E-state index in [0.29, 0.717) is 35.5 Å². The molecule has 19 heavy (non-hydrogen) atoms. The van der Waals surface area contributed by atoms with Gasteiger partial charge in [0.2, 0.25) is 0 Å². The van der Waals surface area contributed by atoms with Gasteiger partial charge in [0, 0.05) is 18.7 Å².